The summed E-state index contributed by atoms with van der Waals surface area (Å²) in [5, 5.41) is 0. The topological polar surface area (TPSA) is 46.6 Å². The van der Waals surface area contributed by atoms with Crippen LogP contribution in [0.3, 0.4) is 0 Å². The quantitative estimate of drug-likeness (QED) is 0.210. The van der Waals surface area contributed by atoms with Crippen molar-refractivity contribution < 1.29 is 34.1 Å². The van der Waals surface area contributed by atoms with E-state index < -0.39 is 5.97 Å². The van der Waals surface area contributed by atoms with E-state index >= 15 is 0 Å². The molecule has 1 aromatic carbocycles. The number of allylic oxidation sites excluding steroid dienone is 3. The summed E-state index contributed by atoms with van der Waals surface area (Å²) < 4.78 is 4.74. The molecular weight excluding hydrogens is 468 g/mol. The van der Waals surface area contributed by atoms with E-state index in [-0.39, 0.29) is 31.1 Å². The number of hydrogen-bond acceptors (Lipinski definition) is 4. The fourth-order valence-electron chi connectivity index (χ4n) is 2.40. The molecule has 0 radical (unpaired) electrons. The maximum Gasteiger partial charge on any atom is 2.00 e. The van der Waals surface area contributed by atoms with E-state index in [1.165, 1.54) is 7.11 Å². The normalized spacial score (nSPS) is 15.7. The van der Waals surface area contributed by atoms with Crippen molar-refractivity contribution in [1.82, 2.24) is 0 Å². The summed E-state index contributed by atoms with van der Waals surface area (Å²) >= 11 is 0. The largest absolute Gasteiger partial charge is 2.00 e. The molecule has 0 spiro atoms. The third-order valence-corrected chi connectivity index (χ3v) is 3.45. The monoisotopic (exact) mass is 489 g/mol. The van der Waals surface area contributed by atoms with Gasteiger partial charge in [0.1, 0.15) is 11.4 Å². The Bertz CT molecular complexity index is 635. The molecule has 1 heterocycles. The molecule has 0 fully saturated rings. The Morgan fingerprint density at radius 2 is 2.00 bits per heavy atom. The molecule has 23 heavy (non-hydrogen) atoms. The van der Waals surface area contributed by atoms with Gasteiger partial charge in [-0.3, -0.25) is 0 Å². The standard InChI is InChI=1S/C18H19NO3.Os/c1-4-5-7-12-15-17(20)16(18(21)22-3)13(2)19(15)14-10-8-6-9-11-14;/h6-12H,1,4-5H2,2-3H3;/q-2;+2/b15-12+;. The number of hydrogen-bond donors (Lipinski definition) is 0. The van der Waals surface area contributed by atoms with Gasteiger partial charge in [-0.05, 0) is 19.1 Å². The number of rotatable bonds is 5. The molecule has 0 unspecified atom stereocenters. The molecule has 0 aliphatic carbocycles. The van der Waals surface area contributed by atoms with Gasteiger partial charge in [-0.25, -0.2) is 17.3 Å². The molecule has 0 N–H and O–H groups in total. The van der Waals surface area contributed by atoms with Gasteiger partial charge in [0.15, 0.2) is 0 Å². The van der Waals surface area contributed by atoms with Crippen LogP contribution in [0.5, 0.6) is 0 Å². The van der Waals surface area contributed by atoms with Gasteiger partial charge in [-0.15, -0.1) is 6.42 Å². The van der Waals surface area contributed by atoms with E-state index in [1.807, 2.05) is 36.8 Å². The minimum Gasteiger partial charge on any atom is -0.465 e. The summed E-state index contributed by atoms with van der Waals surface area (Å²) in [6.45, 7) is 5.52. The van der Waals surface area contributed by atoms with Crippen LogP contribution in [0.2, 0.25) is 0 Å². The molecule has 4 nitrogen and oxygen atoms in total. The van der Waals surface area contributed by atoms with Crippen molar-refractivity contribution in [3.05, 3.63) is 66.7 Å². The van der Waals surface area contributed by atoms with Crippen molar-refractivity contribution in [1.29, 1.82) is 0 Å². The van der Waals surface area contributed by atoms with Gasteiger partial charge < -0.3 is 21.4 Å². The summed E-state index contributed by atoms with van der Waals surface area (Å²) in [5.74, 6) is -0.919. The van der Waals surface area contributed by atoms with Crippen LogP contribution in [0.1, 0.15) is 19.8 Å². The molecule has 122 valence electrons. The summed E-state index contributed by atoms with van der Waals surface area (Å²) in [5.41, 5.74) is 1.96. The van der Waals surface area contributed by atoms with Gasteiger partial charge in [0.05, 0.1) is 7.11 Å². The molecule has 0 saturated heterocycles. The van der Waals surface area contributed by atoms with Gasteiger partial charge in [-0.2, -0.15) is 6.42 Å². The van der Waals surface area contributed by atoms with Crippen LogP contribution in [0, 0.1) is 13.3 Å². The predicted octanol–water partition coefficient (Wildman–Crippen LogP) is 3.22. The van der Waals surface area contributed by atoms with Gasteiger partial charge in [0.2, 0.25) is 0 Å². The Kier molecular flexibility index (Phi) is 7.25. The summed E-state index contributed by atoms with van der Waals surface area (Å²) in [7, 11) is 1.28. The number of nitrogens with zero attached hydrogens (tertiary/aromatic N) is 1. The first-order valence-electron chi connectivity index (χ1n) is 7.13. The smallest absolute Gasteiger partial charge is 0.465 e. The maximum absolute atomic E-state index is 12.6. The number of methoxy groups -OCH3 is 1. The van der Waals surface area contributed by atoms with Crippen molar-refractivity contribution in [2.45, 2.75) is 19.8 Å². The number of carbonyl (C=O) groups is 2. The third-order valence-electron chi connectivity index (χ3n) is 3.45. The van der Waals surface area contributed by atoms with E-state index in [0.29, 0.717) is 11.4 Å². The second-order valence-corrected chi connectivity index (χ2v) is 4.88. The summed E-state index contributed by atoms with van der Waals surface area (Å²) in [4.78, 5) is 26.3. The van der Waals surface area contributed by atoms with E-state index in [4.69, 9.17) is 4.74 Å². The SMILES string of the molecule is [CH2-]CC[CH-]/C=C1\C(=O)C(C(=O)OC)=C(C)N1c1ccccc1.[Os+2]. The van der Waals surface area contributed by atoms with Crippen LogP contribution in [-0.4, -0.2) is 18.9 Å². The molecule has 0 aromatic heterocycles. The van der Waals surface area contributed by atoms with Crippen LogP contribution in [0.15, 0.2) is 53.4 Å². The van der Waals surface area contributed by atoms with Crippen molar-refractivity contribution in [2.24, 2.45) is 0 Å². The molecule has 1 aliphatic rings. The predicted molar refractivity (Wildman–Crippen MR) is 85.6 cm³/mol. The van der Waals surface area contributed by atoms with E-state index in [1.54, 1.807) is 17.9 Å². The Morgan fingerprint density at radius 1 is 1.35 bits per heavy atom. The molecule has 2 rings (SSSR count). The molecule has 5 heteroatoms. The fourth-order valence-corrected chi connectivity index (χ4v) is 2.40. The third kappa shape index (κ3) is 3.92. The van der Waals surface area contributed by atoms with Crippen LogP contribution < -0.4 is 4.90 Å². The molecule has 0 atom stereocenters. The fraction of sp³-hybridized carbons (Fsp3) is 0.222. The number of carbonyl (C=O) groups excluding carboxylic acids is 2. The Balaban J connectivity index is 0.00000264. The second kappa shape index (κ2) is 8.69. The molecule has 1 aliphatic heterocycles. The van der Waals surface area contributed by atoms with Crippen molar-refractivity contribution in [3.8, 4) is 0 Å². The van der Waals surface area contributed by atoms with Crippen LogP contribution in [0.4, 0.5) is 5.69 Å². The first-order valence-corrected chi connectivity index (χ1v) is 7.13. The number of anilines is 1. The average molecular weight is 488 g/mol. The van der Waals surface area contributed by atoms with Crippen molar-refractivity contribution in [3.63, 3.8) is 0 Å². The number of esters is 1. The Hall–Kier alpha value is -1.85. The van der Waals surface area contributed by atoms with E-state index in [2.05, 4.69) is 6.92 Å². The van der Waals surface area contributed by atoms with Crippen LogP contribution in [0.25, 0.3) is 0 Å². The van der Waals surface area contributed by atoms with E-state index in [0.717, 1.165) is 18.5 Å². The minimum atomic E-state index is -0.607. The zero-order chi connectivity index (χ0) is 16.1. The van der Waals surface area contributed by atoms with Gasteiger partial charge in [0, 0.05) is 11.4 Å². The number of benzene rings is 1. The summed E-state index contributed by atoms with van der Waals surface area (Å²) in [6, 6.07) is 9.47. The van der Waals surface area contributed by atoms with Crippen LogP contribution in [-0.2, 0) is 34.1 Å². The number of para-hydroxylation sites is 1. The van der Waals surface area contributed by atoms with Crippen molar-refractivity contribution in [2.75, 3.05) is 12.0 Å². The average Bonchev–Trinajstić information content (AvgIpc) is 2.78. The van der Waals surface area contributed by atoms with Gasteiger partial charge >= 0.3 is 25.8 Å². The molecular formula is C18H19NO3Os. The number of ketones is 1. The van der Waals surface area contributed by atoms with Gasteiger partial charge in [-0.1, -0.05) is 23.9 Å². The zero-order valence-electron chi connectivity index (χ0n) is 13.2. The Morgan fingerprint density at radius 3 is 2.57 bits per heavy atom. The zero-order valence-corrected chi connectivity index (χ0v) is 15.7. The second-order valence-electron chi connectivity index (χ2n) is 4.88. The Labute approximate surface area is 150 Å². The van der Waals surface area contributed by atoms with Gasteiger partial charge in [0.25, 0.3) is 0 Å². The molecule has 0 bridgehead atoms. The van der Waals surface area contributed by atoms with Crippen molar-refractivity contribution >= 4 is 17.4 Å². The minimum absolute atomic E-state index is 0. The molecule has 0 amide bonds. The molecule has 0 saturated carbocycles. The first kappa shape index (κ1) is 19.2. The van der Waals surface area contributed by atoms with E-state index in [9.17, 15) is 9.59 Å². The number of unbranched alkanes of at least 4 members (excludes halogenated alkanes) is 2. The maximum atomic E-state index is 12.6. The number of Topliss-reactive ketones (excluding diaryl/α,β-unsaturated/α-hetero) is 1. The van der Waals surface area contributed by atoms with Crippen LogP contribution >= 0.6 is 0 Å². The molecule has 1 aromatic rings. The first-order chi connectivity index (χ1) is 10.6. The number of ether oxygens (including phenoxy) is 1. The summed E-state index contributed by atoms with van der Waals surface area (Å²) in [6.07, 6.45) is 5.16.